The van der Waals surface area contributed by atoms with E-state index in [-0.39, 0.29) is 11.9 Å². The summed E-state index contributed by atoms with van der Waals surface area (Å²) in [6.45, 7) is 0.808. The summed E-state index contributed by atoms with van der Waals surface area (Å²) in [6, 6.07) is 11.9. The summed E-state index contributed by atoms with van der Waals surface area (Å²) < 4.78 is 2.03. The van der Waals surface area contributed by atoms with Crippen molar-refractivity contribution in [2.24, 2.45) is 0 Å². The molecular formula is C18H17N3OS. The first-order valence-electron chi connectivity index (χ1n) is 7.77. The molecule has 3 heterocycles. The predicted molar refractivity (Wildman–Crippen MR) is 90.9 cm³/mol. The highest BCUT2D eigenvalue weighted by Gasteiger charge is 2.32. The van der Waals surface area contributed by atoms with E-state index in [1.807, 2.05) is 69.8 Å². The number of amides is 1. The number of hydrogen-bond acceptors (Lipinski definition) is 3. The van der Waals surface area contributed by atoms with Gasteiger partial charge in [0, 0.05) is 41.8 Å². The fourth-order valence-corrected chi connectivity index (χ4v) is 3.90. The Morgan fingerprint density at radius 3 is 2.65 bits per heavy atom. The Kier molecular flexibility index (Phi) is 3.71. The zero-order valence-electron chi connectivity index (χ0n) is 12.6. The molecule has 3 aromatic rings. The van der Waals surface area contributed by atoms with Crippen molar-refractivity contribution in [3.05, 3.63) is 70.9 Å². The third-order valence-corrected chi connectivity index (χ3v) is 5.14. The minimum absolute atomic E-state index is 0.0988. The number of nitrogens with zero attached hydrogens (tertiary/aromatic N) is 3. The molecule has 1 atom stereocenters. The lowest BCUT2D eigenvalue weighted by atomic mass is 10.1. The lowest BCUT2D eigenvalue weighted by molar-refractivity contribution is 0.0735. The van der Waals surface area contributed by atoms with Gasteiger partial charge < -0.3 is 9.47 Å². The van der Waals surface area contributed by atoms with Crippen molar-refractivity contribution in [3.8, 4) is 5.69 Å². The molecule has 0 radical (unpaired) electrons. The predicted octanol–water partition coefficient (Wildman–Crippen LogP) is 3.91. The van der Waals surface area contributed by atoms with Gasteiger partial charge in [0.25, 0.3) is 5.91 Å². The SMILES string of the molecule is O=C(c1ccc(-n2cccc2)cc1)N1CCCC1c1nccs1. The standard InChI is InChI=1S/C18H17N3OS/c22-18(21-12-3-4-16(21)17-19-9-13-23-17)14-5-7-15(8-6-14)20-10-1-2-11-20/h1-2,5-11,13,16H,3-4,12H2. The number of aromatic nitrogens is 2. The first-order valence-corrected chi connectivity index (χ1v) is 8.65. The van der Waals surface area contributed by atoms with Crippen LogP contribution in [-0.2, 0) is 0 Å². The Bertz CT molecular complexity index is 778. The van der Waals surface area contributed by atoms with Crippen molar-refractivity contribution >= 4 is 17.2 Å². The molecule has 4 rings (SSSR count). The molecule has 1 aliphatic rings. The molecule has 23 heavy (non-hydrogen) atoms. The number of hydrogen-bond donors (Lipinski definition) is 0. The lowest BCUT2D eigenvalue weighted by Crippen LogP contribution is -2.30. The summed E-state index contributed by atoms with van der Waals surface area (Å²) in [6.07, 6.45) is 7.84. The Hall–Kier alpha value is -2.40. The number of thiazole rings is 1. The van der Waals surface area contributed by atoms with Gasteiger partial charge in [-0.25, -0.2) is 4.98 Å². The molecule has 116 valence electrons. The monoisotopic (exact) mass is 323 g/mol. The largest absolute Gasteiger partial charge is 0.329 e. The van der Waals surface area contributed by atoms with E-state index in [9.17, 15) is 4.79 Å². The highest BCUT2D eigenvalue weighted by molar-refractivity contribution is 7.09. The van der Waals surface area contributed by atoms with E-state index in [1.165, 1.54) is 0 Å². The van der Waals surface area contributed by atoms with Crippen molar-refractivity contribution in [3.63, 3.8) is 0 Å². The fourth-order valence-electron chi connectivity index (χ4n) is 3.11. The summed E-state index contributed by atoms with van der Waals surface area (Å²) in [4.78, 5) is 19.2. The highest BCUT2D eigenvalue weighted by Crippen LogP contribution is 2.34. The van der Waals surface area contributed by atoms with Crippen LogP contribution in [0, 0.1) is 0 Å². The average Bonchev–Trinajstić information content (AvgIpc) is 3.35. The van der Waals surface area contributed by atoms with Crippen molar-refractivity contribution in [1.82, 2.24) is 14.5 Å². The lowest BCUT2D eigenvalue weighted by Gasteiger charge is -2.23. The van der Waals surface area contributed by atoms with Gasteiger partial charge in [0.15, 0.2) is 0 Å². The van der Waals surface area contributed by atoms with Gasteiger partial charge in [0.2, 0.25) is 0 Å². The van der Waals surface area contributed by atoms with Crippen LogP contribution < -0.4 is 0 Å². The summed E-state index contributed by atoms with van der Waals surface area (Å²) in [7, 11) is 0. The molecule has 0 N–H and O–H groups in total. The van der Waals surface area contributed by atoms with Gasteiger partial charge in [-0.3, -0.25) is 4.79 Å². The number of carbonyl (C=O) groups excluding carboxylic acids is 1. The topological polar surface area (TPSA) is 38.1 Å². The molecule has 5 heteroatoms. The molecule has 0 saturated carbocycles. The summed E-state index contributed by atoms with van der Waals surface area (Å²) >= 11 is 1.63. The van der Waals surface area contributed by atoms with Crippen molar-refractivity contribution < 1.29 is 4.79 Å². The van der Waals surface area contributed by atoms with E-state index in [1.54, 1.807) is 11.3 Å². The molecule has 1 aromatic carbocycles. The Balaban J connectivity index is 1.56. The van der Waals surface area contributed by atoms with Gasteiger partial charge in [-0.15, -0.1) is 11.3 Å². The van der Waals surface area contributed by atoms with Crippen LogP contribution in [0.4, 0.5) is 0 Å². The molecule has 2 aromatic heterocycles. The van der Waals surface area contributed by atoms with E-state index in [4.69, 9.17) is 0 Å². The number of likely N-dealkylation sites (tertiary alicyclic amines) is 1. The highest BCUT2D eigenvalue weighted by atomic mass is 32.1. The van der Waals surface area contributed by atoms with Crippen LogP contribution in [0.5, 0.6) is 0 Å². The maximum atomic E-state index is 12.8. The van der Waals surface area contributed by atoms with Crippen LogP contribution in [0.3, 0.4) is 0 Å². The molecule has 1 fully saturated rings. The minimum atomic E-state index is 0.0988. The number of rotatable bonds is 3. The van der Waals surface area contributed by atoms with Crippen LogP contribution in [0.25, 0.3) is 5.69 Å². The summed E-state index contributed by atoms with van der Waals surface area (Å²) in [5.41, 5.74) is 1.80. The molecular weight excluding hydrogens is 306 g/mol. The quantitative estimate of drug-likeness (QED) is 0.733. The smallest absolute Gasteiger partial charge is 0.254 e. The molecule has 0 bridgehead atoms. The molecule has 1 saturated heterocycles. The Morgan fingerprint density at radius 2 is 1.96 bits per heavy atom. The Labute approximate surface area is 139 Å². The van der Waals surface area contributed by atoms with Crippen LogP contribution in [0.2, 0.25) is 0 Å². The van der Waals surface area contributed by atoms with Crippen molar-refractivity contribution in [2.45, 2.75) is 18.9 Å². The fraction of sp³-hybridized carbons (Fsp3) is 0.222. The molecule has 1 amide bonds. The normalized spacial score (nSPS) is 17.6. The van der Waals surface area contributed by atoms with E-state index in [0.29, 0.717) is 0 Å². The third-order valence-electron chi connectivity index (χ3n) is 4.27. The Morgan fingerprint density at radius 1 is 1.17 bits per heavy atom. The van der Waals surface area contributed by atoms with Crippen molar-refractivity contribution in [2.75, 3.05) is 6.54 Å². The molecule has 1 unspecified atom stereocenters. The van der Waals surface area contributed by atoms with Crippen LogP contribution in [-0.4, -0.2) is 26.9 Å². The first-order chi connectivity index (χ1) is 11.3. The maximum absolute atomic E-state index is 12.8. The second kappa shape index (κ2) is 6.01. The zero-order chi connectivity index (χ0) is 15.6. The molecule has 0 spiro atoms. The number of carbonyl (C=O) groups is 1. The van der Waals surface area contributed by atoms with Gasteiger partial charge in [-0.05, 0) is 49.2 Å². The van der Waals surface area contributed by atoms with E-state index in [2.05, 4.69) is 4.98 Å². The van der Waals surface area contributed by atoms with Crippen molar-refractivity contribution in [1.29, 1.82) is 0 Å². The van der Waals surface area contributed by atoms with E-state index in [0.717, 1.165) is 35.6 Å². The van der Waals surface area contributed by atoms with Crippen LogP contribution >= 0.6 is 11.3 Å². The molecule has 4 nitrogen and oxygen atoms in total. The average molecular weight is 323 g/mol. The third kappa shape index (κ3) is 2.68. The van der Waals surface area contributed by atoms with Gasteiger partial charge in [-0.1, -0.05) is 0 Å². The minimum Gasteiger partial charge on any atom is -0.329 e. The first kappa shape index (κ1) is 14.2. The molecule has 1 aliphatic heterocycles. The summed E-state index contributed by atoms with van der Waals surface area (Å²) in [5, 5.41) is 3.02. The van der Waals surface area contributed by atoms with Crippen LogP contribution in [0.15, 0.2) is 60.4 Å². The molecule has 0 aliphatic carbocycles. The van der Waals surface area contributed by atoms with Gasteiger partial charge in [-0.2, -0.15) is 0 Å². The zero-order valence-corrected chi connectivity index (χ0v) is 13.4. The summed E-state index contributed by atoms with van der Waals surface area (Å²) in [5.74, 6) is 0.0988. The van der Waals surface area contributed by atoms with Gasteiger partial charge in [0.1, 0.15) is 5.01 Å². The van der Waals surface area contributed by atoms with Gasteiger partial charge >= 0.3 is 0 Å². The van der Waals surface area contributed by atoms with Crippen LogP contribution in [0.1, 0.15) is 34.2 Å². The maximum Gasteiger partial charge on any atom is 0.254 e. The second-order valence-corrected chi connectivity index (χ2v) is 6.59. The van der Waals surface area contributed by atoms with E-state index >= 15 is 0 Å². The number of benzene rings is 1. The second-order valence-electron chi connectivity index (χ2n) is 5.66. The van der Waals surface area contributed by atoms with Gasteiger partial charge in [0.05, 0.1) is 6.04 Å². The van der Waals surface area contributed by atoms with E-state index < -0.39 is 0 Å².